The van der Waals surface area contributed by atoms with Gasteiger partial charge in [-0.1, -0.05) is 30.3 Å². The van der Waals surface area contributed by atoms with Gasteiger partial charge in [-0.05, 0) is 59.2 Å². The quantitative estimate of drug-likeness (QED) is 0.165. The third-order valence-electron chi connectivity index (χ3n) is 6.57. The first-order chi connectivity index (χ1) is 22.4. The lowest BCUT2D eigenvalue weighted by Crippen LogP contribution is -2.10. The molecule has 0 unspecified atom stereocenters. The zero-order chi connectivity index (χ0) is 35.4. The Morgan fingerprint density at radius 2 is 1.23 bits per heavy atom. The van der Waals surface area contributed by atoms with Gasteiger partial charge in [0, 0.05) is 25.3 Å². The number of anilines is 1. The predicted octanol–water partition coefficient (Wildman–Crippen LogP) is 4.70. The van der Waals surface area contributed by atoms with Crippen LogP contribution in [-0.2, 0) is 37.0 Å². The van der Waals surface area contributed by atoms with Crippen LogP contribution in [0.5, 0.6) is 34.5 Å². The van der Waals surface area contributed by atoms with Crippen LogP contribution in [-0.4, -0.2) is 72.3 Å². The zero-order valence-electron chi connectivity index (χ0n) is 27.2. The molecule has 0 fully saturated rings. The van der Waals surface area contributed by atoms with Crippen LogP contribution in [0.15, 0.2) is 72.8 Å². The molecule has 0 atom stereocenters. The van der Waals surface area contributed by atoms with Gasteiger partial charge in [-0.2, -0.15) is 25.3 Å². The van der Waals surface area contributed by atoms with Gasteiger partial charge in [-0.3, -0.25) is 0 Å². The van der Waals surface area contributed by atoms with Crippen molar-refractivity contribution in [3.63, 3.8) is 0 Å². The second-order valence-corrected chi connectivity index (χ2v) is 15.5. The molecular weight excluding hydrogens is 687 g/mol. The Bertz CT molecular complexity index is 2130. The van der Waals surface area contributed by atoms with Crippen molar-refractivity contribution in [3.8, 4) is 56.8 Å². The third-order valence-corrected chi connectivity index (χ3v) is 8.01. The number of hydrogen-bond donors (Lipinski definition) is 0. The highest BCUT2D eigenvalue weighted by Crippen LogP contribution is 2.52. The number of methoxy groups -OCH3 is 2. The van der Waals surface area contributed by atoms with Crippen molar-refractivity contribution in [2.45, 2.75) is 6.61 Å². The molecule has 0 aromatic heterocycles. The molecule has 0 radical (unpaired) electrons. The van der Waals surface area contributed by atoms with Crippen molar-refractivity contribution >= 4 is 36.0 Å². The maximum absolute atomic E-state index is 12.6. The summed E-state index contributed by atoms with van der Waals surface area (Å²) in [6, 6.07) is 19.5. The number of ether oxygens (including phenoxy) is 3. The molecule has 13 nitrogen and oxygen atoms in total. The van der Waals surface area contributed by atoms with E-state index in [2.05, 4.69) is 0 Å². The molecule has 258 valence electrons. The smallest absolute Gasteiger partial charge is 0.306 e. The topological polar surface area (TPSA) is 161 Å². The Hall–Kier alpha value is -4.67. The molecule has 0 aliphatic heterocycles. The van der Waals surface area contributed by atoms with E-state index in [0.717, 1.165) is 30.0 Å². The summed E-state index contributed by atoms with van der Waals surface area (Å²) in [5.41, 5.74) is 2.91. The summed E-state index contributed by atoms with van der Waals surface area (Å²) in [4.78, 5) is 1.93. The highest BCUT2D eigenvalue weighted by Gasteiger charge is 2.27. The lowest BCUT2D eigenvalue weighted by atomic mass is 9.96. The molecule has 48 heavy (non-hydrogen) atoms. The summed E-state index contributed by atoms with van der Waals surface area (Å²) in [6.45, 7) is 0.0868. The minimum atomic E-state index is -4.16. The van der Waals surface area contributed by atoms with E-state index in [-0.39, 0.29) is 52.2 Å². The number of hydrogen-bond acceptors (Lipinski definition) is 13. The van der Waals surface area contributed by atoms with Crippen molar-refractivity contribution in [2.75, 3.05) is 52.0 Å². The summed E-state index contributed by atoms with van der Waals surface area (Å²) in [7, 11) is -5.50. The second kappa shape index (κ2) is 14.2. The van der Waals surface area contributed by atoms with Gasteiger partial charge >= 0.3 is 30.4 Å². The van der Waals surface area contributed by atoms with Crippen molar-refractivity contribution in [3.05, 3.63) is 78.4 Å². The Morgan fingerprint density at radius 1 is 0.604 bits per heavy atom. The van der Waals surface area contributed by atoms with Gasteiger partial charge in [0.05, 0.1) is 38.6 Å². The van der Waals surface area contributed by atoms with Gasteiger partial charge in [0.2, 0.25) is 0 Å². The molecule has 4 aromatic carbocycles. The van der Waals surface area contributed by atoms with Crippen LogP contribution in [0.4, 0.5) is 5.69 Å². The molecule has 0 spiro atoms. The average Bonchev–Trinajstić information content (AvgIpc) is 2.98. The van der Waals surface area contributed by atoms with E-state index in [0.29, 0.717) is 11.1 Å². The molecule has 16 heteroatoms. The van der Waals surface area contributed by atoms with E-state index in [9.17, 15) is 25.3 Å². The first-order valence-electron chi connectivity index (χ1n) is 14.0. The average molecular weight is 722 g/mol. The van der Waals surface area contributed by atoms with Gasteiger partial charge in [0.15, 0.2) is 23.0 Å². The number of nitrogens with zero attached hydrogens (tertiary/aromatic N) is 1. The zero-order valence-corrected chi connectivity index (χ0v) is 29.7. The van der Waals surface area contributed by atoms with E-state index in [4.69, 9.17) is 26.8 Å². The molecule has 0 aliphatic rings. The van der Waals surface area contributed by atoms with E-state index in [1.54, 1.807) is 24.3 Å². The normalized spacial score (nSPS) is 11.8. The molecule has 0 heterocycles. The Balaban J connectivity index is 1.88. The molecule has 0 saturated carbocycles. The lowest BCUT2D eigenvalue weighted by molar-refractivity contribution is 0.296. The standard InChI is InChI=1S/C32H35NO12S3/c1-33(2)24-10-8-9-21(17-24)20-42-27-16-13-23(18-28(27)44-47(6,36)37)30-29(40-3)19-26(31(41-4)32(30)45-48(7,38)39)22-11-14-25(15-12-22)43-46(5,34)35/h8-19H,20H2,1-7H3. The fraction of sp³-hybridized carbons (Fsp3) is 0.250. The van der Waals surface area contributed by atoms with Crippen molar-refractivity contribution in [1.82, 2.24) is 0 Å². The molecular formula is C32H35NO12S3. The monoisotopic (exact) mass is 721 g/mol. The van der Waals surface area contributed by atoms with Gasteiger partial charge in [-0.15, -0.1) is 0 Å². The Morgan fingerprint density at radius 3 is 1.79 bits per heavy atom. The van der Waals surface area contributed by atoms with E-state index in [1.165, 1.54) is 38.5 Å². The molecule has 0 bridgehead atoms. The Labute approximate surface area is 280 Å². The van der Waals surface area contributed by atoms with Crippen molar-refractivity contribution in [1.29, 1.82) is 0 Å². The minimum Gasteiger partial charge on any atom is -0.496 e. The minimum absolute atomic E-state index is 0.0142. The molecule has 0 N–H and O–H groups in total. The molecule has 0 aliphatic carbocycles. The first kappa shape index (κ1) is 36.2. The maximum Gasteiger partial charge on any atom is 0.306 e. The molecule has 4 aromatic rings. The lowest BCUT2D eigenvalue weighted by Gasteiger charge is -2.21. The summed E-state index contributed by atoms with van der Waals surface area (Å²) in [6.07, 6.45) is 2.65. The van der Waals surface area contributed by atoms with Gasteiger partial charge in [-0.25, -0.2) is 0 Å². The van der Waals surface area contributed by atoms with Gasteiger partial charge < -0.3 is 31.7 Å². The third kappa shape index (κ3) is 9.45. The molecule has 0 saturated heterocycles. The van der Waals surface area contributed by atoms with Crippen LogP contribution in [0.2, 0.25) is 0 Å². The summed E-state index contributed by atoms with van der Waals surface area (Å²) >= 11 is 0. The summed E-state index contributed by atoms with van der Waals surface area (Å²) in [5.74, 6) is -0.160. The van der Waals surface area contributed by atoms with E-state index in [1.807, 2.05) is 43.3 Å². The van der Waals surface area contributed by atoms with Gasteiger partial charge in [0.25, 0.3) is 0 Å². The fourth-order valence-electron chi connectivity index (χ4n) is 4.66. The van der Waals surface area contributed by atoms with Crippen LogP contribution < -0.4 is 31.7 Å². The van der Waals surface area contributed by atoms with Crippen molar-refractivity contribution < 1.29 is 52.0 Å². The van der Waals surface area contributed by atoms with E-state index < -0.39 is 30.4 Å². The highest BCUT2D eigenvalue weighted by molar-refractivity contribution is 7.86. The SMILES string of the molecule is COc1cc(-c2ccc(OS(C)(=O)=O)cc2)c(OC)c(OS(C)(=O)=O)c1-c1ccc(OCc2cccc(N(C)C)c2)c(OS(C)(=O)=O)c1. The highest BCUT2D eigenvalue weighted by atomic mass is 32.2. The number of benzene rings is 4. The van der Waals surface area contributed by atoms with Crippen LogP contribution >= 0.6 is 0 Å². The maximum atomic E-state index is 12.6. The van der Waals surface area contributed by atoms with Crippen molar-refractivity contribution in [2.24, 2.45) is 0 Å². The predicted molar refractivity (Wildman–Crippen MR) is 182 cm³/mol. The van der Waals surface area contributed by atoms with Crippen LogP contribution in [0.1, 0.15) is 5.56 Å². The summed E-state index contributed by atoms with van der Waals surface area (Å²) < 4.78 is 106. The van der Waals surface area contributed by atoms with Crippen LogP contribution in [0.25, 0.3) is 22.3 Å². The van der Waals surface area contributed by atoms with Crippen LogP contribution in [0, 0.1) is 0 Å². The largest absolute Gasteiger partial charge is 0.496 e. The van der Waals surface area contributed by atoms with E-state index >= 15 is 0 Å². The number of rotatable bonds is 14. The Kier molecular flexibility index (Phi) is 10.7. The molecule has 4 rings (SSSR count). The summed E-state index contributed by atoms with van der Waals surface area (Å²) in [5, 5.41) is 0. The fourth-order valence-corrected chi connectivity index (χ4v) is 6.04. The van der Waals surface area contributed by atoms with Gasteiger partial charge in [0.1, 0.15) is 18.1 Å². The second-order valence-electron chi connectivity index (χ2n) is 10.8. The first-order valence-corrected chi connectivity index (χ1v) is 19.4. The van der Waals surface area contributed by atoms with Crippen LogP contribution in [0.3, 0.4) is 0 Å². The molecule has 0 amide bonds.